The lowest BCUT2D eigenvalue weighted by Crippen LogP contribution is -2.00. The molecule has 3 N–H and O–H groups in total. The summed E-state index contributed by atoms with van der Waals surface area (Å²) in [4.78, 5) is 10.6. The van der Waals surface area contributed by atoms with Gasteiger partial charge in [0.25, 0.3) is 0 Å². The molecule has 0 radical (unpaired) electrons. The number of nitrogens with one attached hydrogen (secondary N) is 2. The highest BCUT2D eigenvalue weighted by Crippen LogP contribution is 2.14. The number of rotatable bonds is 3. The second kappa shape index (κ2) is 3.47. The zero-order valence-electron chi connectivity index (χ0n) is 6.11. The minimum absolute atomic E-state index is 0.105. The van der Waals surface area contributed by atoms with Crippen LogP contribution in [0, 0.1) is 5.53 Å². The topological polar surface area (TPSA) is 85.5 Å². The average molecular weight is 165 g/mol. The van der Waals surface area contributed by atoms with Crippen LogP contribution < -0.4 is 5.43 Å². The lowest BCUT2D eigenvalue weighted by Gasteiger charge is -2.01. The van der Waals surface area contributed by atoms with Crippen LogP contribution in [-0.4, -0.2) is 11.1 Å². The highest BCUT2D eigenvalue weighted by molar-refractivity contribution is 5.94. The van der Waals surface area contributed by atoms with E-state index in [0.717, 1.165) is 0 Å². The molecule has 1 rings (SSSR count). The van der Waals surface area contributed by atoms with Gasteiger partial charge in [-0.3, -0.25) is 5.43 Å². The van der Waals surface area contributed by atoms with Crippen LogP contribution in [0.2, 0.25) is 0 Å². The van der Waals surface area contributed by atoms with Crippen molar-refractivity contribution in [2.75, 3.05) is 5.43 Å². The number of hydrogen-bond acceptors (Lipinski definition) is 3. The molecule has 1 aromatic carbocycles. The monoisotopic (exact) mass is 165 g/mol. The molecule has 5 nitrogen and oxygen atoms in total. The SMILES string of the molecule is N=NNc1ccccc1C(=O)O. The first kappa shape index (κ1) is 8.19. The maximum absolute atomic E-state index is 10.6. The van der Waals surface area contributed by atoms with Crippen LogP contribution >= 0.6 is 0 Å². The van der Waals surface area contributed by atoms with E-state index in [4.69, 9.17) is 10.6 Å². The Morgan fingerprint density at radius 3 is 2.75 bits per heavy atom. The summed E-state index contributed by atoms with van der Waals surface area (Å²) in [5.41, 5.74) is 9.19. The van der Waals surface area contributed by atoms with Gasteiger partial charge in [-0.2, -0.15) is 5.53 Å². The zero-order valence-corrected chi connectivity index (χ0v) is 6.11. The molecular formula is C7H7N3O2. The first-order valence-electron chi connectivity index (χ1n) is 3.20. The van der Waals surface area contributed by atoms with Gasteiger partial charge in [-0.1, -0.05) is 17.4 Å². The zero-order chi connectivity index (χ0) is 8.97. The van der Waals surface area contributed by atoms with E-state index in [0.29, 0.717) is 5.69 Å². The van der Waals surface area contributed by atoms with Crippen molar-refractivity contribution in [2.24, 2.45) is 5.22 Å². The molecule has 0 bridgehead atoms. The third-order valence-electron chi connectivity index (χ3n) is 1.33. The minimum Gasteiger partial charge on any atom is -0.478 e. The van der Waals surface area contributed by atoms with Gasteiger partial charge >= 0.3 is 5.97 Å². The third-order valence-corrected chi connectivity index (χ3v) is 1.33. The Morgan fingerprint density at radius 1 is 1.50 bits per heavy atom. The molecule has 5 heteroatoms. The number of benzene rings is 1. The summed E-state index contributed by atoms with van der Waals surface area (Å²) in [5.74, 6) is -1.04. The Bertz CT molecular complexity index is 311. The van der Waals surface area contributed by atoms with Crippen LogP contribution in [-0.2, 0) is 0 Å². The maximum atomic E-state index is 10.6. The molecule has 0 aromatic heterocycles. The number of carboxylic acid groups (broad SMARTS) is 1. The third kappa shape index (κ3) is 1.57. The second-order valence-corrected chi connectivity index (χ2v) is 2.07. The summed E-state index contributed by atoms with van der Waals surface area (Å²) < 4.78 is 0. The molecule has 0 saturated heterocycles. The van der Waals surface area contributed by atoms with Gasteiger partial charge < -0.3 is 5.11 Å². The molecule has 0 spiro atoms. The quantitative estimate of drug-likeness (QED) is 0.471. The fourth-order valence-corrected chi connectivity index (χ4v) is 0.827. The number of anilines is 1. The maximum Gasteiger partial charge on any atom is 0.337 e. The molecule has 12 heavy (non-hydrogen) atoms. The van der Waals surface area contributed by atoms with E-state index < -0.39 is 5.97 Å². The van der Waals surface area contributed by atoms with E-state index in [2.05, 4.69) is 10.6 Å². The van der Waals surface area contributed by atoms with Gasteiger partial charge in [-0.25, -0.2) is 4.79 Å². The Balaban J connectivity index is 3.07. The van der Waals surface area contributed by atoms with Gasteiger partial charge in [-0.05, 0) is 12.1 Å². The van der Waals surface area contributed by atoms with Crippen LogP contribution in [0.4, 0.5) is 5.69 Å². The van der Waals surface area contributed by atoms with Crippen molar-refractivity contribution in [2.45, 2.75) is 0 Å². The van der Waals surface area contributed by atoms with Crippen molar-refractivity contribution in [3.63, 3.8) is 0 Å². The number of carbonyl (C=O) groups is 1. The predicted octanol–water partition coefficient (Wildman–Crippen LogP) is 1.74. The summed E-state index contributed by atoms with van der Waals surface area (Å²) in [5, 5.41) is 11.5. The van der Waals surface area contributed by atoms with Crippen LogP contribution in [0.1, 0.15) is 10.4 Å². The number of nitrogens with zero attached hydrogens (tertiary/aromatic N) is 1. The summed E-state index contributed by atoms with van der Waals surface area (Å²) >= 11 is 0. The highest BCUT2D eigenvalue weighted by Gasteiger charge is 2.07. The van der Waals surface area contributed by atoms with Crippen LogP contribution in [0.3, 0.4) is 0 Å². The van der Waals surface area contributed by atoms with Crippen LogP contribution in [0.25, 0.3) is 0 Å². The van der Waals surface area contributed by atoms with Crippen molar-refractivity contribution in [3.8, 4) is 0 Å². The number of hydrogen-bond donors (Lipinski definition) is 3. The standard InChI is InChI=1S/C7H7N3O2/c8-10-9-6-4-2-1-3-5(6)7(11)12/h1-4H,(H2,8,9)(H,11,12). The Hall–Kier alpha value is -1.91. The van der Waals surface area contributed by atoms with Crippen LogP contribution in [0.5, 0.6) is 0 Å². The summed E-state index contributed by atoms with van der Waals surface area (Å²) in [6.45, 7) is 0. The molecule has 0 aliphatic heterocycles. The Labute approximate surface area is 68.5 Å². The van der Waals surface area contributed by atoms with E-state index in [1.165, 1.54) is 6.07 Å². The number of carboxylic acids is 1. The highest BCUT2D eigenvalue weighted by atomic mass is 16.4. The lowest BCUT2D eigenvalue weighted by molar-refractivity contribution is 0.0698. The van der Waals surface area contributed by atoms with E-state index >= 15 is 0 Å². The molecule has 0 fully saturated rings. The van der Waals surface area contributed by atoms with Gasteiger partial charge in [0.15, 0.2) is 0 Å². The van der Waals surface area contributed by atoms with Gasteiger partial charge in [0.1, 0.15) is 0 Å². The smallest absolute Gasteiger partial charge is 0.337 e. The lowest BCUT2D eigenvalue weighted by atomic mass is 10.2. The molecular weight excluding hydrogens is 158 g/mol. The molecule has 0 aliphatic rings. The van der Waals surface area contributed by atoms with E-state index in [9.17, 15) is 4.79 Å². The van der Waals surface area contributed by atoms with Gasteiger partial charge in [0.2, 0.25) is 0 Å². The molecule has 0 saturated carbocycles. The van der Waals surface area contributed by atoms with Crippen molar-refractivity contribution >= 4 is 11.7 Å². The Morgan fingerprint density at radius 2 is 2.17 bits per heavy atom. The fourth-order valence-electron chi connectivity index (χ4n) is 0.827. The number of aromatic carboxylic acids is 1. The first-order valence-corrected chi connectivity index (χ1v) is 3.20. The number of para-hydroxylation sites is 1. The average Bonchev–Trinajstić information content (AvgIpc) is 2.05. The van der Waals surface area contributed by atoms with E-state index in [1.807, 2.05) is 0 Å². The molecule has 0 heterocycles. The summed E-state index contributed by atoms with van der Waals surface area (Å²) in [6.07, 6.45) is 0. The minimum atomic E-state index is -1.04. The normalized spacial score (nSPS) is 9.00. The molecule has 0 amide bonds. The van der Waals surface area contributed by atoms with Crippen LogP contribution in [0.15, 0.2) is 29.5 Å². The molecule has 1 aromatic rings. The molecule has 62 valence electrons. The van der Waals surface area contributed by atoms with Crippen molar-refractivity contribution < 1.29 is 9.90 Å². The first-order chi connectivity index (χ1) is 5.75. The summed E-state index contributed by atoms with van der Waals surface area (Å²) in [7, 11) is 0. The fraction of sp³-hybridized carbons (Fsp3) is 0. The molecule has 0 aliphatic carbocycles. The Kier molecular flexibility index (Phi) is 2.37. The van der Waals surface area contributed by atoms with Gasteiger partial charge in [-0.15, -0.1) is 0 Å². The molecule has 0 atom stereocenters. The summed E-state index contributed by atoms with van der Waals surface area (Å²) in [6, 6.07) is 6.26. The van der Waals surface area contributed by atoms with E-state index in [1.54, 1.807) is 18.2 Å². The van der Waals surface area contributed by atoms with Crippen molar-refractivity contribution in [3.05, 3.63) is 29.8 Å². The van der Waals surface area contributed by atoms with E-state index in [-0.39, 0.29) is 5.56 Å². The molecule has 0 unspecified atom stereocenters. The largest absolute Gasteiger partial charge is 0.478 e. The predicted molar refractivity (Wildman–Crippen MR) is 42.2 cm³/mol. The van der Waals surface area contributed by atoms with Crippen molar-refractivity contribution in [1.29, 1.82) is 5.53 Å². The van der Waals surface area contributed by atoms with Crippen molar-refractivity contribution in [1.82, 2.24) is 0 Å². The second-order valence-electron chi connectivity index (χ2n) is 2.07. The van der Waals surface area contributed by atoms with Gasteiger partial charge in [0.05, 0.1) is 11.3 Å². The van der Waals surface area contributed by atoms with Gasteiger partial charge in [0, 0.05) is 0 Å².